The van der Waals surface area contributed by atoms with E-state index < -0.39 is 21.5 Å². The van der Waals surface area contributed by atoms with Gasteiger partial charge in [-0.2, -0.15) is 14.5 Å². The molecule has 0 aliphatic heterocycles. The van der Waals surface area contributed by atoms with E-state index in [0.717, 1.165) is 40.9 Å². The number of hydrogen-bond acceptors (Lipinski definition) is 6. The minimum Gasteiger partial charge on any atom is -0.291 e. The first-order valence-electron chi connectivity index (χ1n) is 14.7. The van der Waals surface area contributed by atoms with Crippen LogP contribution in [0.3, 0.4) is 0 Å². The Kier molecular flexibility index (Phi) is 6.70. The molecule has 3 aliphatic rings. The summed E-state index contributed by atoms with van der Waals surface area (Å²) in [7, 11) is -2.23. The van der Waals surface area contributed by atoms with Crippen LogP contribution in [0.1, 0.15) is 72.3 Å². The molecule has 0 amide bonds. The molecular weight excluding hydrogens is 567 g/mol. The molecule has 2 saturated carbocycles. The van der Waals surface area contributed by atoms with Gasteiger partial charge in [-0.15, -0.1) is 0 Å². The van der Waals surface area contributed by atoms with Crippen molar-refractivity contribution >= 4 is 21.9 Å². The van der Waals surface area contributed by atoms with Gasteiger partial charge in [-0.05, 0) is 98.9 Å². The summed E-state index contributed by atoms with van der Waals surface area (Å²) in [6, 6.07) is 9.57. The van der Waals surface area contributed by atoms with Gasteiger partial charge in [0.05, 0.1) is 29.2 Å². The summed E-state index contributed by atoms with van der Waals surface area (Å²) in [5.41, 5.74) is 3.97. The number of hydrogen-bond donors (Lipinski definition) is 0. The summed E-state index contributed by atoms with van der Waals surface area (Å²) < 4.78 is 45.8. The fourth-order valence-electron chi connectivity index (χ4n) is 6.64. The van der Waals surface area contributed by atoms with Crippen molar-refractivity contribution in [1.29, 1.82) is 0 Å². The molecule has 2 atom stereocenters. The van der Waals surface area contributed by atoms with Crippen LogP contribution in [0.25, 0.3) is 11.8 Å². The summed E-state index contributed by atoms with van der Waals surface area (Å²) in [4.78, 5) is 19.3. The molecule has 0 bridgehead atoms. The third-order valence-corrected chi connectivity index (χ3v) is 11.2. The van der Waals surface area contributed by atoms with Gasteiger partial charge in [-0.3, -0.25) is 14.5 Å². The molecule has 0 N–H and O–H groups in total. The van der Waals surface area contributed by atoms with Gasteiger partial charge in [0.2, 0.25) is 10.0 Å². The van der Waals surface area contributed by atoms with Crippen molar-refractivity contribution in [3.05, 3.63) is 95.1 Å². The third-order valence-electron chi connectivity index (χ3n) is 9.33. The lowest BCUT2D eigenvalue weighted by Gasteiger charge is -2.45. The van der Waals surface area contributed by atoms with Gasteiger partial charge in [-0.1, -0.05) is 11.6 Å². The summed E-state index contributed by atoms with van der Waals surface area (Å²) >= 11 is 0. The molecule has 3 aromatic heterocycles. The molecule has 0 spiro atoms. The van der Waals surface area contributed by atoms with Gasteiger partial charge in [0.25, 0.3) is 0 Å². The van der Waals surface area contributed by atoms with Crippen LogP contribution in [0, 0.1) is 11.2 Å². The average Bonchev–Trinajstić information content (AvgIpc) is 3.62. The quantitative estimate of drug-likeness (QED) is 0.258. The smallest absolute Gasteiger partial charge is 0.246 e. The fraction of sp³-hybridized carbons (Fsp3) is 0.375. The van der Waals surface area contributed by atoms with E-state index >= 15 is 0 Å². The molecule has 222 valence electrons. The van der Waals surface area contributed by atoms with Crippen molar-refractivity contribution in [2.75, 3.05) is 7.05 Å². The molecule has 4 aromatic rings. The van der Waals surface area contributed by atoms with E-state index in [1.807, 2.05) is 31.3 Å². The lowest BCUT2D eigenvalue weighted by atomic mass is 9.60. The number of ketones is 1. The highest BCUT2D eigenvalue weighted by Gasteiger charge is 2.51. The molecular formula is C32H33FN6O3S. The van der Waals surface area contributed by atoms with Crippen LogP contribution in [-0.4, -0.2) is 56.1 Å². The maximum atomic E-state index is 14.6. The highest BCUT2D eigenvalue weighted by Crippen LogP contribution is 2.51. The maximum absolute atomic E-state index is 14.6. The standard InChI is InChI=1S/C32H33FN6O3S/c1-3-38-20-28(19-35-38)43(41,42)37(2)27-10-7-24-14-30-23(18-36-39(30)26-11-8-25(33)9-12-26)15-32(24,16-27)31(40)29-13-6-22(17-34-29)21-4-5-21/h6,8-9,11-14,17-21,27H,3-5,7,10,15-16H2,1-2H3/t27-,32-/m0/s1. The van der Waals surface area contributed by atoms with Gasteiger partial charge in [-0.25, -0.2) is 17.5 Å². The van der Waals surface area contributed by atoms with Crippen LogP contribution in [0.4, 0.5) is 4.39 Å². The molecule has 11 heteroatoms. The fourth-order valence-corrected chi connectivity index (χ4v) is 7.98. The first-order chi connectivity index (χ1) is 20.7. The minimum atomic E-state index is -3.83. The number of carbonyl (C=O) groups excluding carboxylic acids is 1. The summed E-state index contributed by atoms with van der Waals surface area (Å²) in [6.45, 7) is 2.47. The SMILES string of the molecule is CCn1cc(S(=O)(=O)N(C)[C@H]2CCC3=Cc4c(cnn4-c4ccc(F)cc4)C[C@]3(C(=O)c3ccc(C4CC4)cn3)C2)cn1. The summed E-state index contributed by atoms with van der Waals surface area (Å²) in [6.07, 6.45) is 12.6. The zero-order chi connectivity index (χ0) is 29.9. The van der Waals surface area contributed by atoms with Crippen LogP contribution in [0.2, 0.25) is 0 Å². The highest BCUT2D eigenvalue weighted by atomic mass is 32.2. The zero-order valence-corrected chi connectivity index (χ0v) is 25.0. The first kappa shape index (κ1) is 27.8. The van der Waals surface area contributed by atoms with Crippen molar-refractivity contribution in [1.82, 2.24) is 28.9 Å². The molecule has 0 radical (unpaired) electrons. The first-order valence-corrected chi connectivity index (χ1v) is 16.2. The number of halogens is 1. The number of pyridine rings is 1. The Labute approximate surface area is 250 Å². The average molecular weight is 601 g/mol. The molecule has 3 aliphatic carbocycles. The lowest BCUT2D eigenvalue weighted by Crippen LogP contribution is -2.49. The number of Topliss-reactive ketones (excluding diaryl/α,β-unsaturated/α-hetero) is 1. The van der Waals surface area contributed by atoms with Crippen molar-refractivity contribution in [3.8, 4) is 5.69 Å². The van der Waals surface area contributed by atoms with Crippen LogP contribution in [0.15, 0.2) is 71.7 Å². The van der Waals surface area contributed by atoms with Crippen LogP contribution in [-0.2, 0) is 23.0 Å². The minimum absolute atomic E-state index is 0.101. The van der Waals surface area contributed by atoms with Crippen LogP contribution >= 0.6 is 0 Å². The van der Waals surface area contributed by atoms with Gasteiger partial charge in [0.15, 0.2) is 5.78 Å². The van der Waals surface area contributed by atoms with Gasteiger partial charge < -0.3 is 0 Å². The second kappa shape index (κ2) is 10.3. The van der Waals surface area contributed by atoms with Crippen molar-refractivity contribution in [2.45, 2.75) is 68.8 Å². The zero-order valence-electron chi connectivity index (χ0n) is 24.1. The third kappa shape index (κ3) is 4.75. The molecule has 43 heavy (non-hydrogen) atoms. The molecule has 3 heterocycles. The number of rotatable bonds is 8. The number of fused-ring (bicyclic) bond motifs is 2. The molecule has 0 unspecified atom stereocenters. The highest BCUT2D eigenvalue weighted by molar-refractivity contribution is 7.89. The van der Waals surface area contributed by atoms with Crippen LogP contribution in [0.5, 0.6) is 0 Å². The van der Waals surface area contributed by atoms with E-state index in [-0.39, 0.29) is 16.5 Å². The molecule has 1 aromatic carbocycles. The van der Waals surface area contributed by atoms with E-state index in [2.05, 4.69) is 15.2 Å². The largest absolute Gasteiger partial charge is 0.291 e. The predicted octanol–water partition coefficient (Wildman–Crippen LogP) is 5.18. The Balaban J connectivity index is 1.27. The Bertz CT molecular complexity index is 1840. The Morgan fingerprint density at radius 1 is 1.07 bits per heavy atom. The maximum Gasteiger partial charge on any atom is 0.246 e. The number of aryl methyl sites for hydroxylation is 1. The van der Waals surface area contributed by atoms with E-state index in [1.165, 1.54) is 22.6 Å². The topological polar surface area (TPSA) is 103 Å². The van der Waals surface area contributed by atoms with Gasteiger partial charge in [0, 0.05) is 32.0 Å². The predicted molar refractivity (Wildman–Crippen MR) is 159 cm³/mol. The number of allylic oxidation sites excluding steroid dienone is 1. The number of sulfonamides is 1. The summed E-state index contributed by atoms with van der Waals surface area (Å²) in [5.74, 6) is 0.0951. The summed E-state index contributed by atoms with van der Waals surface area (Å²) in [5, 5.41) is 8.77. The second-order valence-corrected chi connectivity index (χ2v) is 13.9. The van der Waals surface area contributed by atoms with Crippen molar-refractivity contribution in [3.63, 3.8) is 0 Å². The second-order valence-electron chi connectivity index (χ2n) is 11.9. The van der Waals surface area contributed by atoms with Crippen molar-refractivity contribution < 1.29 is 17.6 Å². The van der Waals surface area contributed by atoms with Crippen molar-refractivity contribution in [2.24, 2.45) is 5.41 Å². The number of benzene rings is 1. The molecule has 9 nitrogen and oxygen atoms in total. The van der Waals surface area contributed by atoms with E-state index in [1.54, 1.807) is 40.9 Å². The monoisotopic (exact) mass is 600 g/mol. The lowest BCUT2D eigenvalue weighted by molar-refractivity contribution is 0.0747. The van der Waals surface area contributed by atoms with Gasteiger partial charge in [0.1, 0.15) is 16.4 Å². The molecule has 2 fully saturated rings. The Hall–Kier alpha value is -3.96. The normalized spacial score (nSPS) is 21.8. The van der Waals surface area contributed by atoms with E-state index in [9.17, 15) is 17.6 Å². The van der Waals surface area contributed by atoms with Gasteiger partial charge >= 0.3 is 0 Å². The molecule has 7 rings (SSSR count). The number of nitrogens with zero attached hydrogens (tertiary/aromatic N) is 6. The number of carbonyl (C=O) groups is 1. The van der Waals surface area contributed by atoms with E-state index in [0.29, 0.717) is 43.8 Å². The molecule has 0 saturated heterocycles. The Morgan fingerprint density at radius 2 is 1.86 bits per heavy atom. The Morgan fingerprint density at radius 3 is 2.53 bits per heavy atom. The van der Waals surface area contributed by atoms with Crippen LogP contribution < -0.4 is 0 Å². The number of aromatic nitrogens is 5. The van der Waals surface area contributed by atoms with E-state index in [4.69, 9.17) is 0 Å².